The maximum absolute atomic E-state index is 11.9. The van der Waals surface area contributed by atoms with Crippen LogP contribution in [0.1, 0.15) is 6.42 Å². The minimum absolute atomic E-state index is 0.00229. The average Bonchev–Trinajstić information content (AvgIpc) is 2.97. The summed E-state index contributed by atoms with van der Waals surface area (Å²) >= 11 is 0. The van der Waals surface area contributed by atoms with Gasteiger partial charge in [0.2, 0.25) is 5.91 Å². The summed E-state index contributed by atoms with van der Waals surface area (Å²) in [5, 5.41) is 0. The highest BCUT2D eigenvalue weighted by Crippen LogP contribution is 2.22. The molecule has 25 heavy (non-hydrogen) atoms. The Labute approximate surface area is 147 Å². The van der Waals surface area contributed by atoms with E-state index < -0.39 is 0 Å². The number of benzene rings is 2. The van der Waals surface area contributed by atoms with Crippen LogP contribution in [0.3, 0.4) is 0 Å². The van der Waals surface area contributed by atoms with Gasteiger partial charge in [0.25, 0.3) is 0 Å². The fraction of sp³-hybridized carbons (Fsp3) is 0.238. The van der Waals surface area contributed by atoms with Gasteiger partial charge in [-0.3, -0.25) is 9.59 Å². The maximum Gasteiger partial charge on any atom is 0.222 e. The molecule has 1 heterocycles. The summed E-state index contributed by atoms with van der Waals surface area (Å²) in [4.78, 5) is 25.1. The molecule has 0 aliphatic carbocycles. The first-order chi connectivity index (χ1) is 12.1. The third-order valence-electron chi connectivity index (χ3n) is 4.27. The van der Waals surface area contributed by atoms with Crippen molar-refractivity contribution in [1.29, 1.82) is 0 Å². The minimum Gasteiger partial charge on any atom is -0.485 e. The lowest BCUT2D eigenvalue weighted by molar-refractivity contribution is -0.126. The van der Waals surface area contributed by atoms with Crippen LogP contribution in [-0.4, -0.2) is 36.8 Å². The fourth-order valence-corrected chi connectivity index (χ4v) is 2.85. The first kappa shape index (κ1) is 17.0. The van der Waals surface area contributed by atoms with E-state index in [1.807, 2.05) is 48.5 Å². The number of carbonyl (C=O) groups is 2. The quantitative estimate of drug-likeness (QED) is 0.761. The molecule has 1 saturated heterocycles. The molecule has 1 aliphatic heterocycles. The van der Waals surface area contributed by atoms with Gasteiger partial charge in [-0.1, -0.05) is 48.5 Å². The maximum atomic E-state index is 11.9. The summed E-state index contributed by atoms with van der Waals surface area (Å²) in [6.07, 6.45) is 3.81. The largest absolute Gasteiger partial charge is 0.485 e. The standard InChI is InChI=1S/C21H21NO3/c1-22-14-16(13-21(22)24)7-10-19(23)15-25-20-11-8-18(9-12-20)17-5-3-2-4-6-17/h2-12,16H,13-15H2,1H3. The van der Waals surface area contributed by atoms with E-state index in [9.17, 15) is 9.59 Å². The fourth-order valence-electron chi connectivity index (χ4n) is 2.85. The number of hydrogen-bond donors (Lipinski definition) is 0. The number of hydrogen-bond acceptors (Lipinski definition) is 3. The molecule has 0 aromatic heterocycles. The number of nitrogens with zero attached hydrogens (tertiary/aromatic N) is 1. The van der Waals surface area contributed by atoms with Gasteiger partial charge < -0.3 is 9.64 Å². The van der Waals surface area contributed by atoms with Crippen LogP contribution in [0.25, 0.3) is 11.1 Å². The second kappa shape index (κ2) is 7.79. The SMILES string of the molecule is CN1CC(C=CC(=O)COc2ccc(-c3ccccc3)cc2)CC1=O. The molecule has 0 saturated carbocycles. The Morgan fingerprint density at radius 1 is 1.12 bits per heavy atom. The van der Waals surface area contributed by atoms with Crippen molar-refractivity contribution in [3.05, 3.63) is 66.7 Å². The molecule has 1 aliphatic rings. The first-order valence-corrected chi connectivity index (χ1v) is 8.35. The smallest absolute Gasteiger partial charge is 0.222 e. The molecular formula is C21H21NO3. The Kier molecular flexibility index (Phi) is 5.29. The Morgan fingerprint density at radius 3 is 2.44 bits per heavy atom. The molecule has 2 aromatic rings. The van der Waals surface area contributed by atoms with Crippen molar-refractivity contribution >= 4 is 11.7 Å². The third kappa shape index (κ3) is 4.57. The monoisotopic (exact) mass is 335 g/mol. The number of ether oxygens (including phenoxy) is 1. The van der Waals surface area contributed by atoms with Crippen LogP contribution < -0.4 is 4.74 Å². The van der Waals surface area contributed by atoms with Crippen molar-refractivity contribution in [3.63, 3.8) is 0 Å². The zero-order valence-electron chi connectivity index (χ0n) is 14.2. The zero-order valence-corrected chi connectivity index (χ0v) is 14.2. The van der Waals surface area contributed by atoms with Crippen LogP contribution in [0.2, 0.25) is 0 Å². The van der Waals surface area contributed by atoms with Gasteiger partial charge >= 0.3 is 0 Å². The van der Waals surface area contributed by atoms with Crippen LogP contribution in [0.15, 0.2) is 66.7 Å². The van der Waals surface area contributed by atoms with Gasteiger partial charge in [-0.2, -0.15) is 0 Å². The first-order valence-electron chi connectivity index (χ1n) is 8.35. The number of carbonyl (C=O) groups excluding carboxylic acids is 2. The van der Waals surface area contributed by atoms with Gasteiger partial charge in [-0.05, 0) is 29.3 Å². The number of amides is 1. The van der Waals surface area contributed by atoms with E-state index in [2.05, 4.69) is 12.1 Å². The van der Waals surface area contributed by atoms with Crippen molar-refractivity contribution in [1.82, 2.24) is 4.90 Å². The second-order valence-corrected chi connectivity index (χ2v) is 6.24. The van der Waals surface area contributed by atoms with Crippen LogP contribution in [-0.2, 0) is 9.59 Å². The molecule has 1 unspecified atom stereocenters. The van der Waals surface area contributed by atoms with Crippen molar-refractivity contribution in [2.45, 2.75) is 6.42 Å². The van der Waals surface area contributed by atoms with E-state index in [1.54, 1.807) is 11.9 Å². The molecule has 4 nitrogen and oxygen atoms in total. The van der Waals surface area contributed by atoms with E-state index in [4.69, 9.17) is 4.74 Å². The van der Waals surface area contributed by atoms with Crippen LogP contribution in [0, 0.1) is 5.92 Å². The van der Waals surface area contributed by atoms with Gasteiger partial charge in [0.1, 0.15) is 5.75 Å². The Balaban J connectivity index is 1.50. The lowest BCUT2D eigenvalue weighted by Gasteiger charge is -2.07. The summed E-state index contributed by atoms with van der Waals surface area (Å²) in [7, 11) is 1.78. The van der Waals surface area contributed by atoms with Crippen molar-refractivity contribution in [2.75, 3.05) is 20.2 Å². The Bertz CT molecular complexity index is 765. The zero-order chi connectivity index (χ0) is 17.6. The van der Waals surface area contributed by atoms with Gasteiger partial charge in [0, 0.05) is 25.9 Å². The molecule has 0 bridgehead atoms. The highest BCUT2D eigenvalue weighted by molar-refractivity contribution is 5.91. The van der Waals surface area contributed by atoms with E-state index in [0.29, 0.717) is 18.7 Å². The number of ketones is 1. The second-order valence-electron chi connectivity index (χ2n) is 6.24. The van der Waals surface area contributed by atoms with E-state index >= 15 is 0 Å². The molecule has 4 heteroatoms. The third-order valence-corrected chi connectivity index (χ3v) is 4.27. The molecule has 0 radical (unpaired) electrons. The van der Waals surface area contributed by atoms with Crippen molar-refractivity contribution in [3.8, 4) is 16.9 Å². The summed E-state index contributed by atoms with van der Waals surface area (Å²) in [5.41, 5.74) is 2.25. The van der Waals surface area contributed by atoms with Crippen LogP contribution >= 0.6 is 0 Å². The average molecular weight is 335 g/mol. The molecule has 1 fully saturated rings. The van der Waals surface area contributed by atoms with Crippen LogP contribution in [0.4, 0.5) is 0 Å². The minimum atomic E-state index is -0.103. The molecule has 128 valence electrons. The Hall–Kier alpha value is -2.88. The molecule has 3 rings (SSSR count). The molecule has 2 aromatic carbocycles. The lowest BCUT2D eigenvalue weighted by atomic mass is 10.1. The molecular weight excluding hydrogens is 314 g/mol. The molecule has 0 N–H and O–H groups in total. The highest BCUT2D eigenvalue weighted by Gasteiger charge is 2.24. The van der Waals surface area contributed by atoms with Gasteiger partial charge in [-0.15, -0.1) is 0 Å². The predicted octanol–water partition coefficient (Wildman–Crippen LogP) is 3.34. The molecule has 1 amide bonds. The summed E-state index contributed by atoms with van der Waals surface area (Å²) < 4.78 is 5.54. The lowest BCUT2D eigenvalue weighted by Crippen LogP contribution is -2.18. The van der Waals surface area contributed by atoms with E-state index in [1.165, 1.54) is 6.08 Å². The molecule has 0 spiro atoms. The number of likely N-dealkylation sites (tertiary alicyclic amines) is 1. The van der Waals surface area contributed by atoms with Crippen molar-refractivity contribution in [2.24, 2.45) is 5.92 Å². The Morgan fingerprint density at radius 2 is 1.80 bits per heavy atom. The topological polar surface area (TPSA) is 46.6 Å². The summed E-state index contributed by atoms with van der Waals surface area (Å²) in [6.45, 7) is 0.669. The predicted molar refractivity (Wildman–Crippen MR) is 97.3 cm³/mol. The van der Waals surface area contributed by atoms with Crippen molar-refractivity contribution < 1.29 is 14.3 Å². The number of rotatable bonds is 6. The van der Waals surface area contributed by atoms with Gasteiger partial charge in [0.15, 0.2) is 12.4 Å². The molecule has 1 atom stereocenters. The normalized spacial score (nSPS) is 17.2. The van der Waals surface area contributed by atoms with Gasteiger partial charge in [0.05, 0.1) is 0 Å². The van der Waals surface area contributed by atoms with E-state index in [0.717, 1.165) is 11.1 Å². The van der Waals surface area contributed by atoms with E-state index in [-0.39, 0.29) is 24.2 Å². The highest BCUT2D eigenvalue weighted by atomic mass is 16.5. The van der Waals surface area contributed by atoms with Gasteiger partial charge in [-0.25, -0.2) is 0 Å². The summed E-state index contributed by atoms with van der Waals surface area (Å²) in [5.74, 6) is 0.801. The van der Waals surface area contributed by atoms with Crippen LogP contribution in [0.5, 0.6) is 5.75 Å². The summed E-state index contributed by atoms with van der Waals surface area (Å²) in [6, 6.07) is 17.8.